The van der Waals surface area contributed by atoms with E-state index in [4.69, 9.17) is 27.9 Å². The first kappa shape index (κ1) is 28.5. The van der Waals surface area contributed by atoms with Crippen LogP contribution in [0.1, 0.15) is 43.0 Å². The summed E-state index contributed by atoms with van der Waals surface area (Å²) in [4.78, 5) is 28.9. The minimum Gasteiger partial charge on any atom is -0.483 e. The first-order chi connectivity index (χ1) is 17.4. The van der Waals surface area contributed by atoms with Gasteiger partial charge in [0.15, 0.2) is 6.61 Å². The number of nitrogens with zero attached hydrogens (tertiary/aromatic N) is 1. The van der Waals surface area contributed by atoms with Gasteiger partial charge in [0.1, 0.15) is 11.8 Å². The highest BCUT2D eigenvalue weighted by molar-refractivity contribution is 6.42. The summed E-state index contributed by atoms with van der Waals surface area (Å²) in [5.41, 5.74) is 3.27. The van der Waals surface area contributed by atoms with Crippen molar-refractivity contribution in [2.75, 3.05) is 6.61 Å². The Morgan fingerprint density at radius 1 is 0.919 bits per heavy atom. The zero-order valence-electron chi connectivity index (χ0n) is 22.0. The average Bonchev–Trinajstić information content (AvgIpc) is 2.83. The van der Waals surface area contributed by atoms with Gasteiger partial charge in [0.25, 0.3) is 5.91 Å². The maximum Gasteiger partial charge on any atom is 0.261 e. The molecule has 0 saturated carbocycles. The Bertz CT molecular complexity index is 1240. The number of carbonyl (C=O) groups is 2. The van der Waals surface area contributed by atoms with Crippen LogP contribution < -0.4 is 10.1 Å². The molecule has 1 N–H and O–H groups in total. The van der Waals surface area contributed by atoms with Crippen LogP contribution in [0.25, 0.3) is 0 Å². The fourth-order valence-electron chi connectivity index (χ4n) is 3.94. The highest BCUT2D eigenvalue weighted by atomic mass is 35.5. The van der Waals surface area contributed by atoms with Gasteiger partial charge in [-0.15, -0.1) is 0 Å². The number of aryl methyl sites for hydroxylation is 1. The molecular weight excluding hydrogens is 507 g/mol. The molecule has 0 fully saturated rings. The second-order valence-corrected chi connectivity index (χ2v) is 11.0. The molecular formula is C30H34Cl2N2O3. The zero-order valence-corrected chi connectivity index (χ0v) is 23.5. The molecule has 2 amide bonds. The molecule has 1 atom stereocenters. The number of nitrogens with one attached hydrogen (secondary N) is 1. The van der Waals surface area contributed by atoms with E-state index >= 15 is 0 Å². The summed E-state index contributed by atoms with van der Waals surface area (Å²) in [6, 6.07) is 19.8. The van der Waals surface area contributed by atoms with Crippen LogP contribution in [0.15, 0.2) is 66.7 Å². The van der Waals surface area contributed by atoms with Crippen LogP contribution in [0.4, 0.5) is 0 Å². The lowest BCUT2D eigenvalue weighted by Gasteiger charge is -2.34. The molecule has 0 aromatic heterocycles. The van der Waals surface area contributed by atoms with Crippen molar-refractivity contribution in [2.45, 2.75) is 59.2 Å². The van der Waals surface area contributed by atoms with Crippen LogP contribution in [0.5, 0.6) is 5.75 Å². The van der Waals surface area contributed by atoms with Crippen LogP contribution in [0.3, 0.4) is 0 Å². The molecule has 7 heteroatoms. The third-order valence-electron chi connectivity index (χ3n) is 6.01. The first-order valence-electron chi connectivity index (χ1n) is 12.2. The van der Waals surface area contributed by atoms with Crippen molar-refractivity contribution < 1.29 is 14.3 Å². The molecule has 196 valence electrons. The van der Waals surface area contributed by atoms with E-state index in [0.29, 0.717) is 22.2 Å². The van der Waals surface area contributed by atoms with Crippen molar-refractivity contribution in [1.82, 2.24) is 10.2 Å². The fourth-order valence-corrected chi connectivity index (χ4v) is 4.27. The van der Waals surface area contributed by atoms with E-state index in [1.54, 1.807) is 23.1 Å². The molecule has 0 bridgehead atoms. The quantitative estimate of drug-likeness (QED) is 0.335. The SMILES string of the molecule is Cc1cccc(OCC(=O)N(Cc2ccc(Cl)c(Cl)c2)C(Cc2ccccc2)C(=O)NC(C)(C)C)c1C. The summed E-state index contributed by atoms with van der Waals surface area (Å²) >= 11 is 12.4. The highest BCUT2D eigenvalue weighted by Gasteiger charge is 2.32. The Labute approximate surface area is 229 Å². The molecule has 0 aliphatic rings. The van der Waals surface area contributed by atoms with Crippen molar-refractivity contribution in [1.29, 1.82) is 0 Å². The molecule has 0 spiro atoms. The third-order valence-corrected chi connectivity index (χ3v) is 6.75. The molecule has 0 radical (unpaired) electrons. The van der Waals surface area contributed by atoms with Gasteiger partial charge in [-0.3, -0.25) is 9.59 Å². The van der Waals surface area contributed by atoms with Gasteiger partial charge in [-0.05, 0) is 75.1 Å². The van der Waals surface area contributed by atoms with E-state index < -0.39 is 11.6 Å². The molecule has 37 heavy (non-hydrogen) atoms. The molecule has 3 aromatic carbocycles. The second-order valence-electron chi connectivity index (χ2n) is 10.2. The van der Waals surface area contributed by atoms with Gasteiger partial charge >= 0.3 is 0 Å². The van der Waals surface area contributed by atoms with Crippen molar-refractivity contribution in [3.63, 3.8) is 0 Å². The zero-order chi connectivity index (χ0) is 27.2. The number of halogens is 2. The van der Waals surface area contributed by atoms with Crippen molar-refractivity contribution in [3.8, 4) is 5.75 Å². The average molecular weight is 542 g/mol. The number of hydrogen-bond donors (Lipinski definition) is 1. The Morgan fingerprint density at radius 3 is 2.27 bits per heavy atom. The van der Waals surface area contributed by atoms with Crippen molar-refractivity contribution >= 4 is 35.0 Å². The minimum atomic E-state index is -0.772. The van der Waals surface area contributed by atoms with Gasteiger partial charge < -0.3 is 15.0 Å². The molecule has 5 nitrogen and oxygen atoms in total. The number of rotatable bonds is 9. The van der Waals surface area contributed by atoms with Gasteiger partial charge in [-0.1, -0.05) is 71.7 Å². The number of benzene rings is 3. The van der Waals surface area contributed by atoms with Crippen LogP contribution in [0, 0.1) is 13.8 Å². The van der Waals surface area contributed by atoms with Gasteiger partial charge in [-0.2, -0.15) is 0 Å². The number of amides is 2. The highest BCUT2D eigenvalue weighted by Crippen LogP contribution is 2.25. The normalized spacial score (nSPS) is 12.1. The van der Waals surface area contributed by atoms with Crippen LogP contribution >= 0.6 is 23.2 Å². The topological polar surface area (TPSA) is 58.6 Å². The van der Waals surface area contributed by atoms with Crippen LogP contribution in [0.2, 0.25) is 10.0 Å². The summed E-state index contributed by atoms with van der Waals surface area (Å²) in [5, 5.41) is 3.86. The summed E-state index contributed by atoms with van der Waals surface area (Å²) < 4.78 is 5.95. The molecule has 0 heterocycles. The first-order valence-corrected chi connectivity index (χ1v) is 13.0. The van der Waals surface area contributed by atoms with Gasteiger partial charge in [0.2, 0.25) is 5.91 Å². The molecule has 3 rings (SSSR count). The smallest absolute Gasteiger partial charge is 0.261 e. The predicted octanol–water partition coefficient (Wildman–Crippen LogP) is 6.54. The molecule has 0 aliphatic carbocycles. The lowest BCUT2D eigenvalue weighted by Crippen LogP contribution is -2.55. The van der Waals surface area contributed by atoms with Crippen molar-refractivity contribution in [2.24, 2.45) is 0 Å². The van der Waals surface area contributed by atoms with E-state index in [2.05, 4.69) is 5.32 Å². The fraction of sp³-hybridized carbons (Fsp3) is 0.333. The lowest BCUT2D eigenvalue weighted by molar-refractivity contribution is -0.143. The summed E-state index contributed by atoms with van der Waals surface area (Å²) in [6.07, 6.45) is 0.347. The maximum absolute atomic E-state index is 13.7. The molecule has 0 saturated heterocycles. The van der Waals surface area contributed by atoms with Crippen molar-refractivity contribution in [3.05, 3.63) is 99.0 Å². The van der Waals surface area contributed by atoms with Crippen LogP contribution in [-0.4, -0.2) is 34.9 Å². The molecule has 0 aliphatic heterocycles. The number of hydrogen-bond acceptors (Lipinski definition) is 3. The maximum atomic E-state index is 13.7. The predicted molar refractivity (Wildman–Crippen MR) is 150 cm³/mol. The third kappa shape index (κ3) is 8.24. The van der Waals surface area contributed by atoms with E-state index in [9.17, 15) is 9.59 Å². The van der Waals surface area contributed by atoms with Gasteiger partial charge in [0, 0.05) is 18.5 Å². The van der Waals surface area contributed by atoms with E-state index in [0.717, 1.165) is 22.3 Å². The Balaban J connectivity index is 1.97. The monoisotopic (exact) mass is 540 g/mol. The lowest BCUT2D eigenvalue weighted by atomic mass is 10.0. The molecule has 3 aromatic rings. The van der Waals surface area contributed by atoms with Crippen LogP contribution in [-0.2, 0) is 22.6 Å². The number of carbonyl (C=O) groups excluding carboxylic acids is 2. The summed E-state index contributed by atoms with van der Waals surface area (Å²) in [6.45, 7) is 9.66. The standard InChI is InChI=1S/C30H34Cl2N2O3/c1-20-10-9-13-27(21(20)2)37-19-28(35)34(18-23-14-15-24(31)25(32)16-23)26(29(36)33-30(3,4)5)17-22-11-7-6-8-12-22/h6-16,26H,17-19H2,1-5H3,(H,33,36). The van der Waals surface area contributed by atoms with Gasteiger partial charge in [0.05, 0.1) is 10.0 Å². The number of ether oxygens (including phenoxy) is 1. The molecule has 1 unspecified atom stereocenters. The largest absolute Gasteiger partial charge is 0.483 e. The Hall–Kier alpha value is -3.02. The summed E-state index contributed by atoms with van der Waals surface area (Å²) in [5.74, 6) is 0.0926. The second kappa shape index (κ2) is 12.5. The summed E-state index contributed by atoms with van der Waals surface area (Å²) in [7, 11) is 0. The van der Waals surface area contributed by atoms with E-state index in [1.807, 2.05) is 83.1 Å². The Kier molecular flexibility index (Phi) is 9.63. The van der Waals surface area contributed by atoms with Gasteiger partial charge in [-0.25, -0.2) is 0 Å². The Morgan fingerprint density at radius 2 is 1.62 bits per heavy atom. The van der Waals surface area contributed by atoms with E-state index in [-0.39, 0.29) is 25.0 Å². The van der Waals surface area contributed by atoms with E-state index in [1.165, 1.54) is 0 Å². The minimum absolute atomic E-state index is 0.168.